The Morgan fingerprint density at radius 3 is 2.26 bits per heavy atom. The van der Waals surface area contributed by atoms with Crippen molar-refractivity contribution in [2.75, 3.05) is 66.1 Å². The third-order valence-electron chi connectivity index (χ3n) is 6.04. The molecule has 39 heavy (non-hydrogen) atoms. The zero-order chi connectivity index (χ0) is 28.6. The van der Waals surface area contributed by atoms with Gasteiger partial charge in [0.1, 0.15) is 5.00 Å². The second-order valence-corrected chi connectivity index (χ2v) is 11.5. The fourth-order valence-corrected chi connectivity index (χ4v) is 6.68. The zero-order valence-corrected chi connectivity index (χ0v) is 24.0. The van der Waals surface area contributed by atoms with Crippen LogP contribution in [0.25, 0.3) is 0 Å². The van der Waals surface area contributed by atoms with E-state index in [4.69, 9.17) is 18.9 Å². The average molecular weight is 584 g/mol. The molecule has 0 atom stereocenters. The average Bonchev–Trinajstić information content (AvgIpc) is 3.29. The molecule has 0 spiro atoms. The topological polar surface area (TPSA) is 141 Å². The molecule has 0 radical (unpaired) electrons. The maximum atomic E-state index is 13.1. The molecule has 0 unspecified atom stereocenters. The van der Waals surface area contributed by atoms with Crippen LogP contribution in [0.1, 0.15) is 38.1 Å². The van der Waals surface area contributed by atoms with E-state index < -0.39 is 28.0 Å². The molecule has 1 aromatic heterocycles. The molecule has 214 valence electrons. The summed E-state index contributed by atoms with van der Waals surface area (Å²) < 4.78 is 47.6. The molecule has 1 aromatic carbocycles. The van der Waals surface area contributed by atoms with Crippen LogP contribution in [0.15, 0.2) is 29.2 Å². The highest BCUT2D eigenvalue weighted by molar-refractivity contribution is 7.89. The monoisotopic (exact) mass is 583 g/mol. The molecule has 2 heterocycles. The van der Waals surface area contributed by atoms with Crippen molar-refractivity contribution in [2.24, 2.45) is 0 Å². The number of carbonyl (C=O) groups excluding carboxylic acids is 3. The number of carbonyl (C=O) groups is 3. The van der Waals surface area contributed by atoms with Crippen LogP contribution in [-0.2, 0) is 41.9 Å². The van der Waals surface area contributed by atoms with Gasteiger partial charge in [-0.2, -0.15) is 4.31 Å². The van der Waals surface area contributed by atoms with E-state index >= 15 is 0 Å². The maximum absolute atomic E-state index is 13.1. The summed E-state index contributed by atoms with van der Waals surface area (Å²) in [7, 11) is 0.384. The van der Waals surface area contributed by atoms with Crippen LogP contribution < -0.4 is 5.32 Å². The van der Waals surface area contributed by atoms with Gasteiger partial charge in [-0.1, -0.05) is 0 Å². The second-order valence-electron chi connectivity index (χ2n) is 8.44. The summed E-state index contributed by atoms with van der Waals surface area (Å²) in [6, 6.07) is 5.52. The number of fused-ring (bicyclic) bond motifs is 1. The number of methoxy groups -OCH3 is 3. The standard InChI is InChI=1S/C25H33N3O9S2/c1-5-37-25(31)27-11-10-19-20(16-27)38-23(21(19)24(30)36-4)26-22(29)17-6-8-18(9-7-17)39(32,33)28(12-14-34-2)13-15-35-3/h6-9H,5,10-16H2,1-4H3,(H,26,29). The Morgan fingerprint density at radius 1 is 1.05 bits per heavy atom. The zero-order valence-electron chi connectivity index (χ0n) is 22.4. The number of nitrogens with one attached hydrogen (secondary N) is 1. The van der Waals surface area contributed by atoms with Crippen molar-refractivity contribution in [3.63, 3.8) is 0 Å². The van der Waals surface area contributed by atoms with Gasteiger partial charge in [-0.3, -0.25) is 4.79 Å². The fraction of sp³-hybridized carbons (Fsp3) is 0.480. The third-order valence-corrected chi connectivity index (χ3v) is 9.09. The lowest BCUT2D eigenvalue weighted by Crippen LogP contribution is -2.36. The number of esters is 1. The molecule has 0 saturated carbocycles. The number of benzene rings is 1. The summed E-state index contributed by atoms with van der Waals surface area (Å²) in [5.41, 5.74) is 1.17. The Hall–Kier alpha value is -3.04. The molecule has 1 aliphatic rings. The summed E-state index contributed by atoms with van der Waals surface area (Å²) in [5.74, 6) is -1.12. The van der Waals surface area contributed by atoms with Crippen molar-refractivity contribution in [1.29, 1.82) is 0 Å². The quantitative estimate of drug-likeness (QED) is 0.373. The van der Waals surface area contributed by atoms with Crippen LogP contribution in [0, 0.1) is 0 Å². The molecule has 1 aliphatic heterocycles. The minimum Gasteiger partial charge on any atom is -0.465 e. The first-order valence-electron chi connectivity index (χ1n) is 12.2. The van der Waals surface area contributed by atoms with Gasteiger partial charge in [0.05, 0.1) is 43.9 Å². The Morgan fingerprint density at radius 2 is 1.69 bits per heavy atom. The predicted octanol–water partition coefficient (Wildman–Crippen LogP) is 2.59. The summed E-state index contributed by atoms with van der Waals surface area (Å²) in [5, 5.41) is 3.05. The van der Waals surface area contributed by atoms with Crippen molar-refractivity contribution in [1.82, 2.24) is 9.21 Å². The van der Waals surface area contributed by atoms with Crippen LogP contribution in [0.4, 0.5) is 9.80 Å². The van der Waals surface area contributed by atoms with E-state index in [2.05, 4.69) is 5.32 Å². The van der Waals surface area contributed by atoms with Gasteiger partial charge >= 0.3 is 12.1 Å². The van der Waals surface area contributed by atoms with Crippen LogP contribution in [0.5, 0.6) is 0 Å². The first-order chi connectivity index (χ1) is 18.7. The number of rotatable bonds is 12. The normalized spacial score (nSPS) is 13.2. The van der Waals surface area contributed by atoms with Crippen molar-refractivity contribution < 1.29 is 41.7 Å². The van der Waals surface area contributed by atoms with Gasteiger partial charge in [-0.15, -0.1) is 11.3 Å². The molecule has 2 amide bonds. The van der Waals surface area contributed by atoms with Gasteiger partial charge in [0.15, 0.2) is 0 Å². The highest BCUT2D eigenvalue weighted by Gasteiger charge is 2.31. The van der Waals surface area contributed by atoms with E-state index in [1.165, 1.54) is 66.1 Å². The highest BCUT2D eigenvalue weighted by atomic mass is 32.2. The SMILES string of the molecule is CCOC(=O)N1CCc2c(sc(NC(=O)c3ccc(S(=O)(=O)N(CCOC)CCOC)cc3)c2C(=O)OC)C1. The molecule has 0 bridgehead atoms. The van der Waals surface area contributed by atoms with Crippen molar-refractivity contribution in [2.45, 2.75) is 24.8 Å². The first-order valence-corrected chi connectivity index (χ1v) is 14.5. The summed E-state index contributed by atoms with van der Waals surface area (Å²) in [4.78, 5) is 40.2. The van der Waals surface area contributed by atoms with Gasteiger partial charge in [0.25, 0.3) is 5.91 Å². The number of amides is 2. The molecule has 14 heteroatoms. The van der Waals surface area contributed by atoms with Crippen LogP contribution in [0.3, 0.4) is 0 Å². The number of sulfonamides is 1. The largest absolute Gasteiger partial charge is 0.465 e. The molecule has 0 saturated heterocycles. The third kappa shape index (κ3) is 7.13. The molecular weight excluding hydrogens is 550 g/mol. The minimum atomic E-state index is -3.85. The summed E-state index contributed by atoms with van der Waals surface area (Å²) >= 11 is 1.19. The lowest BCUT2D eigenvalue weighted by molar-refractivity contribution is 0.0600. The molecule has 12 nitrogen and oxygen atoms in total. The van der Waals surface area contributed by atoms with Crippen molar-refractivity contribution in [3.8, 4) is 0 Å². The molecule has 2 aromatic rings. The van der Waals surface area contributed by atoms with Crippen LogP contribution in [-0.4, -0.2) is 96.4 Å². The number of anilines is 1. The van der Waals surface area contributed by atoms with Gasteiger partial charge in [-0.05, 0) is 43.2 Å². The Kier molecular flexibility index (Phi) is 10.8. The number of ether oxygens (including phenoxy) is 4. The van der Waals surface area contributed by atoms with E-state index in [0.717, 1.165) is 10.4 Å². The van der Waals surface area contributed by atoms with Crippen molar-refractivity contribution in [3.05, 3.63) is 45.8 Å². The van der Waals surface area contributed by atoms with E-state index in [1.54, 1.807) is 6.92 Å². The number of thiophene rings is 1. The highest BCUT2D eigenvalue weighted by Crippen LogP contribution is 2.38. The Bertz CT molecular complexity index is 1270. The first kappa shape index (κ1) is 30.5. The molecule has 0 fully saturated rings. The van der Waals surface area contributed by atoms with Gasteiger partial charge in [0.2, 0.25) is 10.0 Å². The van der Waals surface area contributed by atoms with E-state index in [1.807, 2.05) is 0 Å². The molecule has 3 rings (SSSR count). The number of hydrogen-bond acceptors (Lipinski definition) is 10. The van der Waals surface area contributed by atoms with Crippen LogP contribution >= 0.6 is 11.3 Å². The summed E-state index contributed by atoms with van der Waals surface area (Å²) in [6.07, 6.45) is -0.0417. The van der Waals surface area contributed by atoms with Gasteiger partial charge in [-0.25, -0.2) is 18.0 Å². The predicted molar refractivity (Wildman–Crippen MR) is 144 cm³/mol. The van der Waals surface area contributed by atoms with Gasteiger partial charge < -0.3 is 29.2 Å². The Balaban J connectivity index is 1.82. The van der Waals surface area contributed by atoms with Crippen molar-refractivity contribution >= 4 is 44.3 Å². The van der Waals surface area contributed by atoms with E-state index in [0.29, 0.717) is 18.0 Å². The van der Waals surface area contributed by atoms with E-state index in [-0.39, 0.29) is 55.5 Å². The molecule has 0 aliphatic carbocycles. The Labute approximate surface area is 231 Å². The lowest BCUT2D eigenvalue weighted by atomic mass is 10.0. The number of hydrogen-bond donors (Lipinski definition) is 1. The molecular formula is C25H33N3O9S2. The molecule has 1 N–H and O–H groups in total. The second kappa shape index (κ2) is 13.8. The number of nitrogens with zero attached hydrogens (tertiary/aromatic N) is 2. The fourth-order valence-electron chi connectivity index (χ4n) is 4.02. The van der Waals surface area contributed by atoms with Gasteiger partial charge in [0, 0.05) is 44.3 Å². The maximum Gasteiger partial charge on any atom is 0.410 e. The van der Waals surface area contributed by atoms with E-state index in [9.17, 15) is 22.8 Å². The summed E-state index contributed by atoms with van der Waals surface area (Å²) in [6.45, 7) is 3.31. The smallest absolute Gasteiger partial charge is 0.410 e. The minimum absolute atomic E-state index is 0.0205. The van der Waals surface area contributed by atoms with Crippen LogP contribution in [0.2, 0.25) is 0 Å². The lowest BCUT2D eigenvalue weighted by Gasteiger charge is -2.26.